The number of hydrogen-bond donors (Lipinski definition) is 0. The summed E-state index contributed by atoms with van der Waals surface area (Å²) in [5.74, 6) is 0. The molecule has 0 aliphatic carbocycles. The van der Waals surface area contributed by atoms with Gasteiger partial charge in [0.15, 0.2) is 0 Å². The van der Waals surface area contributed by atoms with Crippen molar-refractivity contribution in [3.8, 4) is 0 Å². The molecule has 0 aliphatic rings. The van der Waals surface area contributed by atoms with Gasteiger partial charge < -0.3 is 0 Å². The maximum atomic E-state index is 4.02. The molecule has 0 amide bonds. The monoisotopic (exact) mass is 199 g/mol. The third kappa shape index (κ3) is 0.716. The number of aromatic nitrogens is 4. The molecule has 0 spiro atoms. The molecule has 0 bridgehead atoms. The quantitative estimate of drug-likeness (QED) is 0.548. The van der Waals surface area contributed by atoms with E-state index >= 15 is 0 Å². The molecule has 1 radical (unpaired) electrons. The van der Waals surface area contributed by atoms with Crippen LogP contribution in [-0.2, 0) is 0 Å². The van der Waals surface area contributed by atoms with E-state index in [1.807, 2.05) is 0 Å². The fourth-order valence-electron chi connectivity index (χ4n) is 0.746. The number of rotatable bonds is 0. The molecule has 0 N–H and O–H groups in total. The van der Waals surface area contributed by atoms with Crippen molar-refractivity contribution in [2.24, 2.45) is 0 Å². The van der Waals surface area contributed by atoms with E-state index < -0.39 is 0 Å². The van der Waals surface area contributed by atoms with Gasteiger partial charge in [-0.05, 0) is 0 Å². The van der Waals surface area contributed by atoms with Crippen molar-refractivity contribution < 1.29 is 0 Å². The third-order valence-electron chi connectivity index (χ3n) is 1.18. The Labute approximate surface area is 65.3 Å². The van der Waals surface area contributed by atoms with Gasteiger partial charge in [0.2, 0.25) is 0 Å². The molecule has 0 aliphatic heterocycles. The second-order valence-corrected chi connectivity index (χ2v) is 2.63. The molecular weight excluding hydrogens is 195 g/mol. The van der Waals surface area contributed by atoms with E-state index in [1.165, 1.54) is 6.33 Å². The summed E-state index contributed by atoms with van der Waals surface area (Å²) in [5.41, 5.74) is 1.62. The van der Waals surface area contributed by atoms with Gasteiger partial charge in [-0.3, -0.25) is 0 Å². The molecule has 5 heteroatoms. The van der Waals surface area contributed by atoms with Gasteiger partial charge in [-0.25, -0.2) is 0 Å². The summed E-state index contributed by atoms with van der Waals surface area (Å²) in [7, 11) is 0. The third-order valence-corrected chi connectivity index (χ3v) is 1.74. The van der Waals surface area contributed by atoms with E-state index in [9.17, 15) is 0 Å². The first kappa shape index (κ1) is 5.82. The number of nitrogens with zero attached hydrogens (tertiary/aromatic N) is 4. The second-order valence-electron chi connectivity index (χ2n) is 1.80. The normalized spacial score (nSPS) is 10.4. The zero-order valence-electron chi connectivity index (χ0n) is 4.93. The Bertz CT molecular complexity index is 355. The van der Waals surface area contributed by atoms with Crippen molar-refractivity contribution in [2.75, 3.05) is 0 Å². The number of hydrogen-bond acceptors (Lipinski definition) is 3. The molecule has 0 unspecified atom stereocenters. The maximum absolute atomic E-state index is 4.02. The molecule has 4 nitrogen and oxygen atoms in total. The van der Waals surface area contributed by atoms with Crippen LogP contribution in [0.15, 0.2) is 18.9 Å². The predicted octanol–water partition coefficient (Wildman–Crippen LogP) is -0.242. The molecule has 2 aromatic heterocycles. The van der Waals surface area contributed by atoms with Gasteiger partial charge in [0.05, 0.1) is 0 Å². The zero-order chi connectivity index (χ0) is 6.97. The van der Waals surface area contributed by atoms with Gasteiger partial charge in [0.25, 0.3) is 0 Å². The average Bonchev–Trinajstić information content (AvgIpc) is 2.34. The van der Waals surface area contributed by atoms with E-state index in [4.69, 9.17) is 0 Å². The fraction of sp³-hybridized carbons (Fsp3) is 0. The first-order valence-electron chi connectivity index (χ1n) is 2.68. The van der Waals surface area contributed by atoms with Crippen LogP contribution >= 0.6 is 0 Å². The van der Waals surface area contributed by atoms with Crippen LogP contribution < -0.4 is 0 Å². The van der Waals surface area contributed by atoms with Crippen molar-refractivity contribution in [3.63, 3.8) is 0 Å². The first-order valence-corrected chi connectivity index (χ1v) is 3.45. The predicted molar refractivity (Wildman–Crippen MR) is 36.5 cm³/mol. The van der Waals surface area contributed by atoms with Crippen LogP contribution in [0.2, 0.25) is 0 Å². The average molecular weight is 198 g/mol. The molecular formula is C5H3N4Se. The van der Waals surface area contributed by atoms with Gasteiger partial charge in [0, 0.05) is 0 Å². The SMILES string of the molecule is [Se]n1cnc2cncnc21. The van der Waals surface area contributed by atoms with Crippen LogP contribution in [0.5, 0.6) is 0 Å². The van der Waals surface area contributed by atoms with Crippen LogP contribution in [0.1, 0.15) is 0 Å². The molecule has 2 aromatic rings. The van der Waals surface area contributed by atoms with Crippen LogP contribution in [0.3, 0.4) is 0 Å². The van der Waals surface area contributed by atoms with E-state index in [1.54, 1.807) is 16.1 Å². The summed E-state index contributed by atoms with van der Waals surface area (Å²) in [6.45, 7) is 0. The topological polar surface area (TPSA) is 43.6 Å². The molecule has 0 saturated heterocycles. The van der Waals surface area contributed by atoms with E-state index in [-0.39, 0.29) is 0 Å². The number of imidazole rings is 1. The van der Waals surface area contributed by atoms with Gasteiger partial charge in [-0.2, -0.15) is 0 Å². The Morgan fingerprint density at radius 1 is 1.40 bits per heavy atom. The van der Waals surface area contributed by atoms with E-state index in [2.05, 4.69) is 31.2 Å². The summed E-state index contributed by atoms with van der Waals surface area (Å²) in [6, 6.07) is 0. The van der Waals surface area contributed by atoms with Crippen LogP contribution in [-0.4, -0.2) is 34.8 Å². The number of fused-ring (bicyclic) bond motifs is 1. The minimum atomic E-state index is 0.807. The van der Waals surface area contributed by atoms with Crippen molar-refractivity contribution in [3.05, 3.63) is 18.9 Å². The second kappa shape index (κ2) is 2.04. The fourth-order valence-corrected chi connectivity index (χ4v) is 1.14. The van der Waals surface area contributed by atoms with Gasteiger partial charge in [-0.15, -0.1) is 0 Å². The van der Waals surface area contributed by atoms with Crippen LogP contribution in [0.25, 0.3) is 11.2 Å². The minimum absolute atomic E-state index is 0.807. The summed E-state index contributed by atoms with van der Waals surface area (Å²) in [6.07, 6.45) is 4.84. The van der Waals surface area contributed by atoms with Crippen molar-refractivity contribution >= 4 is 27.4 Å². The Hall–Kier alpha value is -0.931. The standard InChI is InChI=1S/C5H3N4Se/c10-9-3-8-4-1-6-2-7-5(4)9/h1-3H. The van der Waals surface area contributed by atoms with Gasteiger partial charge in [-0.1, -0.05) is 0 Å². The Morgan fingerprint density at radius 3 is 3.10 bits per heavy atom. The Kier molecular flexibility index (Phi) is 1.19. The van der Waals surface area contributed by atoms with Crippen molar-refractivity contribution in [1.82, 2.24) is 18.5 Å². The Balaban J connectivity index is 2.93. The molecule has 0 fully saturated rings. The molecule has 0 atom stereocenters. The van der Waals surface area contributed by atoms with Crippen LogP contribution in [0, 0.1) is 0 Å². The zero-order valence-corrected chi connectivity index (χ0v) is 6.64. The summed E-state index contributed by atoms with van der Waals surface area (Å²) >= 11 is 2.79. The Morgan fingerprint density at radius 2 is 2.30 bits per heavy atom. The molecule has 10 heavy (non-hydrogen) atoms. The molecule has 2 rings (SSSR count). The molecule has 0 saturated carbocycles. The summed E-state index contributed by atoms with van der Waals surface area (Å²) in [4.78, 5) is 11.8. The summed E-state index contributed by atoms with van der Waals surface area (Å²) in [5, 5.41) is 0. The molecule has 0 aromatic carbocycles. The van der Waals surface area contributed by atoms with Gasteiger partial charge >= 0.3 is 64.8 Å². The van der Waals surface area contributed by atoms with E-state index in [0.717, 1.165) is 11.2 Å². The van der Waals surface area contributed by atoms with Crippen LogP contribution in [0.4, 0.5) is 0 Å². The first-order chi connectivity index (χ1) is 4.88. The molecule has 2 heterocycles. The van der Waals surface area contributed by atoms with Gasteiger partial charge in [0.1, 0.15) is 0 Å². The molecule has 49 valence electrons. The van der Waals surface area contributed by atoms with Crippen molar-refractivity contribution in [2.45, 2.75) is 0 Å². The van der Waals surface area contributed by atoms with Crippen molar-refractivity contribution in [1.29, 1.82) is 0 Å². The van der Waals surface area contributed by atoms with E-state index in [0.29, 0.717) is 0 Å². The summed E-state index contributed by atoms with van der Waals surface area (Å²) < 4.78 is 1.73.